The van der Waals surface area contributed by atoms with Crippen molar-refractivity contribution in [2.45, 2.75) is 44.0 Å². The summed E-state index contributed by atoms with van der Waals surface area (Å²) in [7, 11) is -1.87. The van der Waals surface area contributed by atoms with E-state index >= 15 is 0 Å². The van der Waals surface area contributed by atoms with Gasteiger partial charge in [-0.1, -0.05) is 25.5 Å². The first-order valence-electron chi connectivity index (χ1n) is 9.72. The molecule has 0 unspecified atom stereocenters. The number of hydrogen-bond acceptors (Lipinski definition) is 4. The molecule has 0 bridgehead atoms. The van der Waals surface area contributed by atoms with Crippen molar-refractivity contribution in [1.82, 2.24) is 9.21 Å². The summed E-state index contributed by atoms with van der Waals surface area (Å²) in [5, 5.41) is 9.17. The van der Waals surface area contributed by atoms with Crippen LogP contribution in [0.5, 0.6) is 0 Å². The van der Waals surface area contributed by atoms with E-state index in [1.54, 1.807) is 33.0 Å². The Labute approximate surface area is 168 Å². The van der Waals surface area contributed by atoms with Crippen molar-refractivity contribution in [1.29, 1.82) is 5.26 Å². The van der Waals surface area contributed by atoms with Gasteiger partial charge in [-0.2, -0.15) is 9.57 Å². The molecule has 0 aliphatic carbocycles. The van der Waals surface area contributed by atoms with Crippen LogP contribution in [0, 0.1) is 11.3 Å². The van der Waals surface area contributed by atoms with Gasteiger partial charge in [0.05, 0.1) is 37.1 Å². The molecule has 154 valence electrons. The number of carbonyl (C=O) groups excluding carboxylic acids is 1. The fraction of sp³-hybridized carbons (Fsp3) is 0.600. The van der Waals surface area contributed by atoms with E-state index in [0.29, 0.717) is 31.1 Å². The van der Waals surface area contributed by atoms with Gasteiger partial charge in [0.15, 0.2) is 6.54 Å². The van der Waals surface area contributed by atoms with E-state index in [1.807, 2.05) is 12.1 Å². The summed E-state index contributed by atoms with van der Waals surface area (Å²) in [4.78, 5) is 15.2. The third kappa shape index (κ3) is 5.10. The molecule has 28 heavy (non-hydrogen) atoms. The number of carbonyl (C=O) groups is 1. The lowest BCUT2D eigenvalue weighted by Crippen LogP contribution is -3.15. The van der Waals surface area contributed by atoms with Crippen LogP contribution in [0.1, 0.15) is 32.8 Å². The fourth-order valence-electron chi connectivity index (χ4n) is 3.20. The second kappa shape index (κ2) is 9.03. The molecule has 7 nitrogen and oxygen atoms in total. The lowest BCUT2D eigenvalue weighted by atomic mass is 10.1. The maximum absolute atomic E-state index is 12.9. The Bertz CT molecular complexity index is 820. The highest BCUT2D eigenvalue weighted by atomic mass is 32.2. The van der Waals surface area contributed by atoms with Gasteiger partial charge in [-0.25, -0.2) is 8.42 Å². The van der Waals surface area contributed by atoms with Crippen molar-refractivity contribution in [2.75, 3.05) is 39.8 Å². The van der Waals surface area contributed by atoms with Crippen molar-refractivity contribution < 1.29 is 18.1 Å². The minimum Gasteiger partial charge on any atom is -0.325 e. The van der Waals surface area contributed by atoms with E-state index in [0.717, 1.165) is 23.3 Å². The van der Waals surface area contributed by atoms with Crippen LogP contribution in [0.2, 0.25) is 0 Å². The Kier molecular flexibility index (Phi) is 7.21. The molecule has 1 amide bonds. The number of piperazine rings is 1. The molecule has 8 heteroatoms. The zero-order valence-electron chi connectivity index (χ0n) is 17.2. The normalized spacial score (nSPS) is 16.5. The van der Waals surface area contributed by atoms with Gasteiger partial charge in [0.2, 0.25) is 10.0 Å². The van der Waals surface area contributed by atoms with Crippen LogP contribution >= 0.6 is 0 Å². The van der Waals surface area contributed by atoms with Crippen LogP contribution in [-0.2, 0) is 21.2 Å². The number of quaternary nitrogens is 1. The Morgan fingerprint density at radius 2 is 1.82 bits per heavy atom. The summed E-state index contributed by atoms with van der Waals surface area (Å²) in [6, 6.07) is 9.25. The highest BCUT2D eigenvalue weighted by Gasteiger charge is 2.33. The molecule has 1 aliphatic rings. The van der Waals surface area contributed by atoms with Gasteiger partial charge >= 0.3 is 0 Å². The van der Waals surface area contributed by atoms with Crippen molar-refractivity contribution in [3.8, 4) is 6.07 Å². The number of benzene rings is 1. The van der Waals surface area contributed by atoms with Crippen LogP contribution in [0.4, 0.5) is 0 Å². The number of nitrogens with zero attached hydrogens (tertiary/aromatic N) is 3. The number of sulfonamides is 1. The van der Waals surface area contributed by atoms with Crippen molar-refractivity contribution in [3.63, 3.8) is 0 Å². The number of amides is 1. The third-order valence-electron chi connectivity index (χ3n) is 5.42. The van der Waals surface area contributed by atoms with Gasteiger partial charge in [0.1, 0.15) is 5.54 Å². The number of likely N-dealkylation sites (N-methyl/N-ethyl adjacent to an activating group) is 1. The molecule has 0 aromatic heterocycles. The number of nitriles is 1. The molecule has 1 aromatic carbocycles. The number of aryl methyl sites for hydroxylation is 1. The molecular formula is C20H31N4O3S+. The fourth-order valence-corrected chi connectivity index (χ4v) is 4.65. The van der Waals surface area contributed by atoms with E-state index in [-0.39, 0.29) is 12.5 Å². The first-order valence-corrected chi connectivity index (χ1v) is 11.2. The van der Waals surface area contributed by atoms with Gasteiger partial charge in [-0.15, -0.1) is 0 Å². The minimum absolute atomic E-state index is 0.107. The maximum atomic E-state index is 12.9. The Morgan fingerprint density at radius 1 is 1.25 bits per heavy atom. The summed E-state index contributed by atoms with van der Waals surface area (Å²) in [6.07, 6.45) is 1.96. The molecular weight excluding hydrogens is 376 g/mol. The summed E-state index contributed by atoms with van der Waals surface area (Å²) in [6.45, 7) is 7.67. The average Bonchev–Trinajstić information content (AvgIpc) is 2.68. The monoisotopic (exact) mass is 407 g/mol. The van der Waals surface area contributed by atoms with Crippen LogP contribution in [0.25, 0.3) is 0 Å². The highest BCUT2D eigenvalue weighted by molar-refractivity contribution is 7.89. The van der Waals surface area contributed by atoms with Gasteiger partial charge in [0, 0.05) is 7.05 Å². The lowest BCUT2D eigenvalue weighted by Gasteiger charge is -2.34. The van der Waals surface area contributed by atoms with E-state index in [9.17, 15) is 18.5 Å². The second-order valence-corrected chi connectivity index (χ2v) is 9.79. The first-order chi connectivity index (χ1) is 13.1. The highest BCUT2D eigenvalue weighted by Crippen LogP contribution is 2.17. The molecule has 2 rings (SSSR count). The molecule has 1 aromatic rings. The summed E-state index contributed by atoms with van der Waals surface area (Å²) >= 11 is 0. The van der Waals surface area contributed by atoms with Gasteiger partial charge in [0.25, 0.3) is 5.91 Å². The van der Waals surface area contributed by atoms with Crippen molar-refractivity contribution in [2.24, 2.45) is 0 Å². The molecule has 1 saturated heterocycles. The van der Waals surface area contributed by atoms with Crippen LogP contribution in [0.15, 0.2) is 29.2 Å². The standard InChI is InChI=1S/C20H30N4O3S/c1-5-6-17-7-9-18(10-8-17)28(26,27)24-13-11-23(12-14-24)15-19(25)22(4)20(2,3)16-21/h7-10H,5-6,11-15H2,1-4H3/p+1. The van der Waals surface area contributed by atoms with E-state index < -0.39 is 15.6 Å². The van der Waals surface area contributed by atoms with E-state index in [1.165, 1.54) is 9.21 Å². The predicted molar refractivity (Wildman–Crippen MR) is 107 cm³/mol. The van der Waals surface area contributed by atoms with Gasteiger partial charge in [-0.3, -0.25) is 4.79 Å². The molecule has 0 radical (unpaired) electrons. The lowest BCUT2D eigenvalue weighted by molar-refractivity contribution is -0.896. The molecule has 1 fully saturated rings. The van der Waals surface area contributed by atoms with Crippen LogP contribution < -0.4 is 4.90 Å². The molecule has 1 N–H and O–H groups in total. The first kappa shape index (κ1) is 22.3. The topological polar surface area (TPSA) is 85.9 Å². The van der Waals surface area contributed by atoms with Crippen LogP contribution in [0.3, 0.4) is 0 Å². The minimum atomic E-state index is -3.51. The Morgan fingerprint density at radius 3 is 2.32 bits per heavy atom. The van der Waals surface area contributed by atoms with Crippen molar-refractivity contribution in [3.05, 3.63) is 29.8 Å². The largest absolute Gasteiger partial charge is 0.325 e. The zero-order valence-corrected chi connectivity index (χ0v) is 18.1. The molecule has 1 aliphatic heterocycles. The number of hydrogen-bond donors (Lipinski definition) is 1. The Balaban J connectivity index is 1.95. The van der Waals surface area contributed by atoms with Gasteiger partial charge in [-0.05, 0) is 38.0 Å². The number of nitrogens with one attached hydrogen (secondary N) is 1. The van der Waals surface area contributed by atoms with Crippen molar-refractivity contribution >= 4 is 15.9 Å². The molecule has 1 heterocycles. The third-order valence-corrected chi connectivity index (χ3v) is 7.33. The van der Waals surface area contributed by atoms with E-state index in [2.05, 4.69) is 13.0 Å². The summed E-state index contributed by atoms with van der Waals surface area (Å²) in [5.41, 5.74) is 0.282. The van der Waals surface area contributed by atoms with Crippen LogP contribution in [-0.4, -0.2) is 68.8 Å². The van der Waals surface area contributed by atoms with E-state index in [4.69, 9.17) is 0 Å². The average molecular weight is 408 g/mol. The molecule has 0 spiro atoms. The van der Waals surface area contributed by atoms with Gasteiger partial charge < -0.3 is 9.80 Å². The quantitative estimate of drug-likeness (QED) is 0.704. The molecule has 0 saturated carbocycles. The zero-order chi connectivity index (χ0) is 20.9. The predicted octanol–water partition coefficient (Wildman–Crippen LogP) is 0.289. The SMILES string of the molecule is CCCc1ccc(S(=O)(=O)N2CC[NH+](CC(=O)N(C)C(C)(C)C#N)CC2)cc1. The summed E-state index contributed by atoms with van der Waals surface area (Å²) in [5.74, 6) is -0.107. The molecule has 0 atom stereocenters. The smallest absolute Gasteiger partial charge is 0.278 e. The Hall–Kier alpha value is -1.95. The number of rotatable bonds is 7. The summed E-state index contributed by atoms with van der Waals surface area (Å²) < 4.78 is 27.2. The second-order valence-electron chi connectivity index (χ2n) is 7.85. The maximum Gasteiger partial charge on any atom is 0.278 e.